The van der Waals surface area contributed by atoms with Gasteiger partial charge in [0.1, 0.15) is 0 Å². The SMILES string of the molecule is CC#CCNS(=O)(=O)c1cc(Br)c(C)cc1Br. The third-order valence-electron chi connectivity index (χ3n) is 2.03. The average molecular weight is 381 g/mol. The summed E-state index contributed by atoms with van der Waals surface area (Å²) < 4.78 is 27.6. The van der Waals surface area contributed by atoms with E-state index in [2.05, 4.69) is 48.4 Å². The van der Waals surface area contributed by atoms with E-state index in [0.29, 0.717) is 4.47 Å². The number of sulfonamides is 1. The van der Waals surface area contributed by atoms with Gasteiger partial charge in [-0.25, -0.2) is 8.42 Å². The topological polar surface area (TPSA) is 46.2 Å². The van der Waals surface area contributed by atoms with Crippen LogP contribution in [0.15, 0.2) is 26.0 Å². The van der Waals surface area contributed by atoms with E-state index in [0.717, 1.165) is 10.0 Å². The highest BCUT2D eigenvalue weighted by atomic mass is 79.9. The van der Waals surface area contributed by atoms with Gasteiger partial charge in [0.05, 0.1) is 11.4 Å². The van der Waals surface area contributed by atoms with Crippen molar-refractivity contribution in [3.8, 4) is 11.8 Å². The molecule has 0 spiro atoms. The van der Waals surface area contributed by atoms with Crippen molar-refractivity contribution < 1.29 is 8.42 Å². The highest BCUT2D eigenvalue weighted by Crippen LogP contribution is 2.28. The third-order valence-corrected chi connectivity index (χ3v) is 5.24. The van der Waals surface area contributed by atoms with Gasteiger partial charge in [0.2, 0.25) is 10.0 Å². The fourth-order valence-electron chi connectivity index (χ4n) is 1.13. The van der Waals surface area contributed by atoms with Gasteiger partial charge in [0.25, 0.3) is 0 Å². The Morgan fingerprint density at radius 2 is 1.94 bits per heavy atom. The number of hydrogen-bond acceptors (Lipinski definition) is 2. The zero-order chi connectivity index (χ0) is 13.1. The fraction of sp³-hybridized carbons (Fsp3) is 0.273. The van der Waals surface area contributed by atoms with E-state index in [9.17, 15) is 8.42 Å². The maximum atomic E-state index is 12.0. The molecule has 0 bridgehead atoms. The van der Waals surface area contributed by atoms with Crippen LogP contribution < -0.4 is 4.72 Å². The minimum absolute atomic E-state index is 0.108. The molecule has 3 nitrogen and oxygen atoms in total. The predicted molar refractivity (Wildman–Crippen MR) is 75.2 cm³/mol. The van der Waals surface area contributed by atoms with E-state index in [4.69, 9.17) is 0 Å². The molecular formula is C11H11Br2NO2S. The Balaban J connectivity index is 3.14. The van der Waals surface area contributed by atoms with Gasteiger partial charge < -0.3 is 0 Å². The lowest BCUT2D eigenvalue weighted by molar-refractivity contribution is 0.585. The molecule has 1 aromatic carbocycles. The van der Waals surface area contributed by atoms with Crippen LogP contribution in [-0.4, -0.2) is 15.0 Å². The molecule has 0 aliphatic carbocycles. The predicted octanol–water partition coefficient (Wildman–Crippen LogP) is 2.82. The lowest BCUT2D eigenvalue weighted by Gasteiger charge is -2.08. The average Bonchev–Trinajstić information content (AvgIpc) is 2.23. The first kappa shape index (κ1) is 14.7. The fourth-order valence-corrected chi connectivity index (χ4v) is 3.73. The van der Waals surface area contributed by atoms with Crippen LogP contribution in [0.5, 0.6) is 0 Å². The Labute approximate surface area is 118 Å². The van der Waals surface area contributed by atoms with Gasteiger partial charge in [-0.15, -0.1) is 5.92 Å². The van der Waals surface area contributed by atoms with Crippen molar-refractivity contribution in [1.82, 2.24) is 4.72 Å². The molecule has 1 N–H and O–H groups in total. The lowest BCUT2D eigenvalue weighted by atomic mass is 10.2. The van der Waals surface area contributed by atoms with Gasteiger partial charge in [0, 0.05) is 8.95 Å². The molecule has 0 radical (unpaired) electrons. The van der Waals surface area contributed by atoms with E-state index in [1.165, 1.54) is 0 Å². The van der Waals surface area contributed by atoms with Crippen molar-refractivity contribution >= 4 is 41.9 Å². The first-order chi connectivity index (χ1) is 7.88. The second-order valence-electron chi connectivity index (χ2n) is 3.28. The summed E-state index contributed by atoms with van der Waals surface area (Å²) in [6.07, 6.45) is 0. The standard InChI is InChI=1S/C11H11Br2NO2S/c1-3-4-5-14-17(15,16)11-7-9(12)8(2)6-10(11)13/h6-7,14H,5H2,1-2H3. The Kier molecular flexibility index (Phi) is 5.20. The molecule has 1 rings (SSSR count). The summed E-state index contributed by atoms with van der Waals surface area (Å²) in [5.74, 6) is 5.28. The molecule has 92 valence electrons. The van der Waals surface area contributed by atoms with Gasteiger partial charge in [-0.3, -0.25) is 0 Å². The van der Waals surface area contributed by atoms with E-state index < -0.39 is 10.0 Å². The van der Waals surface area contributed by atoms with E-state index >= 15 is 0 Å². The number of halogens is 2. The number of benzene rings is 1. The Bertz CT molecular complexity index is 585. The summed E-state index contributed by atoms with van der Waals surface area (Å²) in [4.78, 5) is 0.202. The Morgan fingerprint density at radius 3 is 2.53 bits per heavy atom. The van der Waals surface area contributed by atoms with Crippen molar-refractivity contribution in [2.75, 3.05) is 6.54 Å². The van der Waals surface area contributed by atoms with Gasteiger partial charge in [-0.1, -0.05) is 21.9 Å². The summed E-state index contributed by atoms with van der Waals surface area (Å²) in [5.41, 5.74) is 0.962. The number of hydrogen-bond donors (Lipinski definition) is 1. The Morgan fingerprint density at radius 1 is 1.29 bits per heavy atom. The van der Waals surface area contributed by atoms with Gasteiger partial charge in [0.15, 0.2) is 0 Å². The van der Waals surface area contributed by atoms with Gasteiger partial charge in [-0.05, 0) is 47.5 Å². The van der Waals surface area contributed by atoms with Crippen LogP contribution in [0.25, 0.3) is 0 Å². The van der Waals surface area contributed by atoms with Crippen LogP contribution in [0.4, 0.5) is 0 Å². The number of nitrogens with one attached hydrogen (secondary N) is 1. The molecule has 0 saturated heterocycles. The molecule has 0 amide bonds. The van der Waals surface area contributed by atoms with Crippen LogP contribution in [0, 0.1) is 18.8 Å². The van der Waals surface area contributed by atoms with Crippen molar-refractivity contribution in [2.24, 2.45) is 0 Å². The van der Waals surface area contributed by atoms with Crippen molar-refractivity contribution in [2.45, 2.75) is 18.7 Å². The van der Waals surface area contributed by atoms with Gasteiger partial charge >= 0.3 is 0 Å². The first-order valence-electron chi connectivity index (χ1n) is 4.73. The van der Waals surface area contributed by atoms with E-state index in [-0.39, 0.29) is 11.4 Å². The third kappa shape index (κ3) is 3.81. The molecule has 1 aromatic rings. The summed E-state index contributed by atoms with van der Waals surface area (Å²) in [7, 11) is -3.53. The maximum Gasteiger partial charge on any atom is 0.242 e. The molecule has 0 aromatic heterocycles. The molecular weight excluding hydrogens is 370 g/mol. The zero-order valence-electron chi connectivity index (χ0n) is 9.34. The molecule has 6 heteroatoms. The van der Waals surface area contributed by atoms with Gasteiger partial charge in [-0.2, -0.15) is 4.72 Å². The van der Waals surface area contributed by atoms with Crippen molar-refractivity contribution in [3.63, 3.8) is 0 Å². The maximum absolute atomic E-state index is 12.0. The monoisotopic (exact) mass is 379 g/mol. The van der Waals surface area contributed by atoms with E-state index in [1.54, 1.807) is 19.1 Å². The van der Waals surface area contributed by atoms with Crippen LogP contribution in [0.1, 0.15) is 12.5 Å². The molecule has 0 saturated carbocycles. The quantitative estimate of drug-likeness (QED) is 0.819. The van der Waals surface area contributed by atoms with Crippen LogP contribution >= 0.6 is 31.9 Å². The minimum Gasteiger partial charge on any atom is -0.207 e. The largest absolute Gasteiger partial charge is 0.242 e. The molecule has 0 aliphatic rings. The summed E-state index contributed by atoms with van der Waals surface area (Å²) >= 11 is 6.56. The minimum atomic E-state index is -3.53. The highest BCUT2D eigenvalue weighted by molar-refractivity contribution is 9.11. The molecule has 0 atom stereocenters. The van der Waals surface area contributed by atoms with Crippen molar-refractivity contribution in [1.29, 1.82) is 0 Å². The van der Waals surface area contributed by atoms with Crippen LogP contribution in [-0.2, 0) is 10.0 Å². The second-order valence-corrected chi connectivity index (χ2v) is 6.73. The number of aryl methyl sites for hydroxylation is 1. The highest BCUT2D eigenvalue weighted by Gasteiger charge is 2.18. The zero-order valence-corrected chi connectivity index (χ0v) is 13.3. The molecule has 0 fully saturated rings. The second kappa shape index (κ2) is 6.01. The molecule has 0 heterocycles. The smallest absolute Gasteiger partial charge is 0.207 e. The van der Waals surface area contributed by atoms with Crippen molar-refractivity contribution in [3.05, 3.63) is 26.6 Å². The van der Waals surface area contributed by atoms with Crippen LogP contribution in [0.3, 0.4) is 0 Å². The molecule has 17 heavy (non-hydrogen) atoms. The van der Waals surface area contributed by atoms with E-state index in [1.807, 2.05) is 6.92 Å². The first-order valence-corrected chi connectivity index (χ1v) is 7.80. The normalized spacial score (nSPS) is 10.8. The lowest BCUT2D eigenvalue weighted by Crippen LogP contribution is -2.24. The molecule has 0 aliphatic heterocycles. The summed E-state index contributed by atoms with van der Waals surface area (Å²) in [5, 5.41) is 0. The summed E-state index contributed by atoms with van der Waals surface area (Å²) in [6.45, 7) is 3.66. The Hall–Kier alpha value is -0.350. The summed E-state index contributed by atoms with van der Waals surface area (Å²) in [6, 6.07) is 3.32. The number of rotatable bonds is 3. The van der Waals surface area contributed by atoms with Crippen LogP contribution in [0.2, 0.25) is 0 Å². The molecule has 0 unspecified atom stereocenters.